The minimum atomic E-state index is -1.59. The van der Waals surface area contributed by atoms with E-state index in [0.717, 1.165) is 21.3 Å². The summed E-state index contributed by atoms with van der Waals surface area (Å²) in [5.74, 6) is -6.03. The molecule has 31 heavy (non-hydrogen) atoms. The Morgan fingerprint density at radius 1 is 0.903 bits per heavy atom. The molecule has 0 unspecified atom stereocenters. The molecule has 2 N–H and O–H groups in total. The lowest BCUT2D eigenvalue weighted by Crippen LogP contribution is -2.56. The lowest BCUT2D eigenvalue weighted by molar-refractivity contribution is -0.159. The van der Waals surface area contributed by atoms with E-state index >= 15 is 0 Å². The highest BCUT2D eigenvalue weighted by Crippen LogP contribution is 2.15. The fourth-order valence-electron chi connectivity index (χ4n) is 2.77. The Kier molecular flexibility index (Phi) is 10.1. The lowest BCUT2D eigenvalue weighted by atomic mass is 9.95. The summed E-state index contributed by atoms with van der Waals surface area (Å²) in [5, 5.41) is 4.77. The first-order chi connectivity index (χ1) is 14.6. The van der Waals surface area contributed by atoms with E-state index < -0.39 is 60.0 Å². The normalized spacial score (nSPS) is 13.2. The molecule has 10 nitrogen and oxygen atoms in total. The number of hydrogen-bond donors (Lipinski definition) is 2. The molecule has 0 saturated carbocycles. The number of ether oxygens (including phenoxy) is 3. The summed E-state index contributed by atoms with van der Waals surface area (Å²) >= 11 is 0. The van der Waals surface area contributed by atoms with E-state index in [0.29, 0.717) is 5.56 Å². The van der Waals surface area contributed by atoms with Crippen LogP contribution in [-0.4, -0.2) is 63.1 Å². The van der Waals surface area contributed by atoms with Crippen molar-refractivity contribution in [3.8, 4) is 0 Å². The number of carbonyl (C=O) groups excluding carboxylic acids is 5. The summed E-state index contributed by atoms with van der Waals surface area (Å²) in [7, 11) is 3.19. The third-order valence-corrected chi connectivity index (χ3v) is 4.32. The molecule has 0 spiro atoms. The van der Waals surface area contributed by atoms with E-state index in [1.165, 1.54) is 31.2 Å². The van der Waals surface area contributed by atoms with Gasteiger partial charge in [-0.25, -0.2) is 9.18 Å². The average Bonchev–Trinajstić information content (AvgIpc) is 2.75. The van der Waals surface area contributed by atoms with E-state index in [1.54, 1.807) is 0 Å². The number of rotatable bonds is 10. The maximum absolute atomic E-state index is 13.1. The van der Waals surface area contributed by atoms with Gasteiger partial charge in [-0.15, -0.1) is 0 Å². The lowest BCUT2D eigenvalue weighted by Gasteiger charge is -2.26. The van der Waals surface area contributed by atoms with Crippen LogP contribution in [0.4, 0.5) is 4.39 Å². The fourth-order valence-corrected chi connectivity index (χ4v) is 2.77. The van der Waals surface area contributed by atoms with Crippen molar-refractivity contribution in [2.24, 2.45) is 5.92 Å². The van der Waals surface area contributed by atoms with Gasteiger partial charge in [0.05, 0.1) is 33.7 Å². The van der Waals surface area contributed by atoms with Gasteiger partial charge in [0.25, 0.3) is 0 Å². The van der Waals surface area contributed by atoms with Crippen LogP contribution in [-0.2, 0) is 44.6 Å². The van der Waals surface area contributed by atoms with Gasteiger partial charge in [-0.3, -0.25) is 19.2 Å². The van der Waals surface area contributed by atoms with Crippen LogP contribution in [0.15, 0.2) is 24.3 Å². The number of hydrogen-bond acceptors (Lipinski definition) is 8. The second-order valence-corrected chi connectivity index (χ2v) is 6.50. The molecule has 0 aromatic heterocycles. The standard InChI is InChI=1S/C20H25FN2O8/c1-11(24)22-15(9-12-5-7-13(21)8-6-12)18(26)23-17(20(28)31-4)14(19(27)30-3)10-16(25)29-2/h5-8,14-15,17H,9-10H2,1-4H3,(H,22,24)(H,23,26)/t14-,15+,17+/m1/s1. The van der Waals surface area contributed by atoms with Gasteiger partial charge in [-0.05, 0) is 17.7 Å². The van der Waals surface area contributed by atoms with Crippen molar-refractivity contribution in [2.75, 3.05) is 21.3 Å². The summed E-state index contributed by atoms with van der Waals surface area (Å²) < 4.78 is 27.0. The second kappa shape index (κ2) is 12.3. The summed E-state index contributed by atoms with van der Waals surface area (Å²) in [6, 6.07) is 2.51. The molecule has 3 atom stereocenters. The molecule has 1 rings (SSSR count). The molecule has 2 amide bonds. The smallest absolute Gasteiger partial charge is 0.329 e. The molecule has 11 heteroatoms. The second-order valence-electron chi connectivity index (χ2n) is 6.50. The van der Waals surface area contributed by atoms with Crippen LogP contribution in [0, 0.1) is 11.7 Å². The quantitative estimate of drug-likeness (QED) is 0.380. The molecule has 0 fully saturated rings. The molecular formula is C20H25FN2O8. The molecule has 0 aliphatic carbocycles. The Bertz CT molecular complexity index is 812. The Morgan fingerprint density at radius 2 is 1.48 bits per heavy atom. The summed E-state index contributed by atoms with van der Waals surface area (Å²) in [6.45, 7) is 1.19. The van der Waals surface area contributed by atoms with Gasteiger partial charge in [0, 0.05) is 13.3 Å². The van der Waals surface area contributed by atoms with Crippen molar-refractivity contribution in [3.63, 3.8) is 0 Å². The molecule has 1 aromatic carbocycles. The van der Waals surface area contributed by atoms with Crippen LogP contribution in [0.5, 0.6) is 0 Å². The highest BCUT2D eigenvalue weighted by Gasteiger charge is 2.39. The third kappa shape index (κ3) is 8.03. The SMILES string of the molecule is COC(=O)C[C@@H](C(=O)OC)[C@H](NC(=O)[C@H](Cc1ccc(F)cc1)NC(C)=O)C(=O)OC. The predicted octanol–water partition coefficient (Wildman–Crippen LogP) is -0.117. The number of methoxy groups -OCH3 is 3. The van der Waals surface area contributed by atoms with E-state index in [-0.39, 0.29) is 6.42 Å². The zero-order chi connectivity index (χ0) is 23.6. The molecule has 0 saturated heterocycles. The minimum Gasteiger partial charge on any atom is -0.469 e. The molecular weight excluding hydrogens is 415 g/mol. The first kappa shape index (κ1) is 25.5. The van der Waals surface area contributed by atoms with Crippen molar-refractivity contribution in [3.05, 3.63) is 35.6 Å². The number of nitrogens with one attached hydrogen (secondary N) is 2. The summed E-state index contributed by atoms with van der Waals surface area (Å²) in [6.07, 6.45) is -0.592. The van der Waals surface area contributed by atoms with E-state index in [1.807, 2.05) is 0 Å². The van der Waals surface area contributed by atoms with Crippen molar-refractivity contribution >= 4 is 29.7 Å². The monoisotopic (exact) mass is 440 g/mol. The first-order valence-corrected chi connectivity index (χ1v) is 9.17. The predicted molar refractivity (Wildman–Crippen MR) is 104 cm³/mol. The molecule has 1 aromatic rings. The van der Waals surface area contributed by atoms with Gasteiger partial charge < -0.3 is 24.8 Å². The number of halogens is 1. The van der Waals surface area contributed by atoms with Crippen LogP contribution in [0.25, 0.3) is 0 Å². The molecule has 0 aliphatic rings. The zero-order valence-electron chi connectivity index (χ0n) is 17.6. The largest absolute Gasteiger partial charge is 0.469 e. The average molecular weight is 440 g/mol. The molecule has 0 bridgehead atoms. The van der Waals surface area contributed by atoms with E-state index in [4.69, 9.17) is 0 Å². The minimum absolute atomic E-state index is 0.0283. The number of benzene rings is 1. The van der Waals surface area contributed by atoms with E-state index in [2.05, 4.69) is 24.8 Å². The highest BCUT2D eigenvalue weighted by atomic mass is 19.1. The van der Waals surface area contributed by atoms with Crippen LogP contribution < -0.4 is 10.6 Å². The van der Waals surface area contributed by atoms with Gasteiger partial charge in [-0.2, -0.15) is 0 Å². The van der Waals surface area contributed by atoms with Crippen LogP contribution >= 0.6 is 0 Å². The summed E-state index contributed by atoms with van der Waals surface area (Å²) in [5.41, 5.74) is 0.531. The fraction of sp³-hybridized carbons (Fsp3) is 0.450. The number of amides is 2. The van der Waals surface area contributed by atoms with Gasteiger partial charge in [0.2, 0.25) is 11.8 Å². The van der Waals surface area contributed by atoms with Crippen molar-refractivity contribution in [2.45, 2.75) is 31.8 Å². The topological polar surface area (TPSA) is 137 Å². The van der Waals surface area contributed by atoms with E-state index in [9.17, 15) is 28.4 Å². The number of esters is 3. The summed E-state index contributed by atoms with van der Waals surface area (Å²) in [4.78, 5) is 60.6. The molecule has 0 radical (unpaired) electrons. The maximum Gasteiger partial charge on any atom is 0.329 e. The van der Waals surface area contributed by atoms with Gasteiger partial charge in [0.1, 0.15) is 17.9 Å². The Balaban J connectivity index is 3.17. The molecule has 170 valence electrons. The van der Waals surface area contributed by atoms with Crippen molar-refractivity contribution < 1.29 is 42.6 Å². The zero-order valence-corrected chi connectivity index (χ0v) is 17.6. The molecule has 0 heterocycles. The van der Waals surface area contributed by atoms with Crippen LogP contribution in [0.3, 0.4) is 0 Å². The maximum atomic E-state index is 13.1. The van der Waals surface area contributed by atoms with Crippen molar-refractivity contribution in [1.82, 2.24) is 10.6 Å². The van der Waals surface area contributed by atoms with Gasteiger partial charge in [-0.1, -0.05) is 12.1 Å². The van der Waals surface area contributed by atoms with Crippen LogP contribution in [0.2, 0.25) is 0 Å². The van der Waals surface area contributed by atoms with Crippen molar-refractivity contribution in [1.29, 1.82) is 0 Å². The van der Waals surface area contributed by atoms with Crippen LogP contribution in [0.1, 0.15) is 18.9 Å². The Morgan fingerprint density at radius 3 is 1.97 bits per heavy atom. The third-order valence-electron chi connectivity index (χ3n) is 4.32. The number of carbonyl (C=O) groups is 5. The first-order valence-electron chi connectivity index (χ1n) is 9.17. The van der Waals surface area contributed by atoms with Gasteiger partial charge in [0.15, 0.2) is 0 Å². The Labute approximate surface area is 178 Å². The van der Waals surface area contributed by atoms with Gasteiger partial charge >= 0.3 is 17.9 Å². The molecule has 0 aliphatic heterocycles. The Hall–Kier alpha value is -3.50. The highest BCUT2D eigenvalue weighted by molar-refractivity contribution is 5.94.